The molecular weight excluding hydrogens is 336 g/mol. The smallest absolute Gasteiger partial charge is 0.405 e. The number of pyridine rings is 1. The van der Waals surface area contributed by atoms with Crippen LogP contribution in [0.4, 0.5) is 17.6 Å². The van der Waals surface area contributed by atoms with E-state index in [2.05, 4.69) is 20.3 Å². The lowest BCUT2D eigenvalue weighted by atomic mass is 10.2. The zero-order chi connectivity index (χ0) is 18.5. The third kappa shape index (κ3) is 4.20. The van der Waals surface area contributed by atoms with Crippen molar-refractivity contribution in [1.29, 1.82) is 0 Å². The van der Waals surface area contributed by atoms with Crippen LogP contribution in [0.25, 0.3) is 0 Å². The quantitative estimate of drug-likeness (QED) is 0.401. The summed E-state index contributed by atoms with van der Waals surface area (Å²) >= 11 is 0. The Morgan fingerprint density at radius 3 is 2.69 bits per heavy atom. The fraction of sp³-hybridized carbons (Fsp3) is 0.118. The van der Waals surface area contributed by atoms with Crippen LogP contribution in [0.5, 0.6) is 0 Å². The molecule has 1 aromatic carbocycles. The third-order valence-corrected chi connectivity index (χ3v) is 3.37. The van der Waals surface area contributed by atoms with E-state index in [4.69, 9.17) is 10.5 Å². The molecule has 0 saturated heterocycles. The molecule has 132 valence electrons. The van der Waals surface area contributed by atoms with Crippen molar-refractivity contribution < 1.29 is 14.3 Å². The van der Waals surface area contributed by atoms with Gasteiger partial charge in [0.1, 0.15) is 0 Å². The number of ether oxygens (including phenoxy) is 1. The molecule has 0 radical (unpaired) electrons. The van der Waals surface area contributed by atoms with Crippen LogP contribution in [0.15, 0.2) is 48.7 Å². The highest BCUT2D eigenvalue weighted by atomic mass is 16.5. The number of hydrogen-bond donors (Lipinski definition) is 2. The molecular formula is C17H16N6O3. The summed E-state index contributed by atoms with van der Waals surface area (Å²) in [6.45, 7) is 1.73. The molecule has 0 fully saturated rings. The molecule has 2 aromatic heterocycles. The number of esters is 1. The summed E-state index contributed by atoms with van der Waals surface area (Å²) in [6, 6.07) is 12.1. The molecule has 0 atom stereocenters. The first kappa shape index (κ1) is 17.1. The molecule has 26 heavy (non-hydrogen) atoms. The van der Waals surface area contributed by atoms with Gasteiger partial charge in [0.15, 0.2) is 18.6 Å². The first-order valence-electron chi connectivity index (χ1n) is 7.71. The summed E-state index contributed by atoms with van der Waals surface area (Å²) < 4.78 is 5.50. The highest BCUT2D eigenvalue weighted by Gasteiger charge is 2.17. The molecule has 0 spiro atoms. The summed E-state index contributed by atoms with van der Waals surface area (Å²) in [4.78, 5) is 24.1. The summed E-state index contributed by atoms with van der Waals surface area (Å²) in [5.74, 6) is -0.410. The fourth-order valence-corrected chi connectivity index (χ4v) is 2.11. The number of aromatic nitrogens is 4. The maximum absolute atomic E-state index is 12.0. The number of nitrogens with two attached hydrogens (primary N) is 1. The monoisotopic (exact) mass is 352 g/mol. The molecule has 0 aliphatic heterocycles. The van der Waals surface area contributed by atoms with E-state index < -0.39 is 5.97 Å². The lowest BCUT2D eigenvalue weighted by molar-refractivity contribution is -0.608. The van der Waals surface area contributed by atoms with Gasteiger partial charge in [-0.2, -0.15) is 19.7 Å². The molecule has 2 heterocycles. The molecule has 9 nitrogen and oxygen atoms in total. The zero-order valence-corrected chi connectivity index (χ0v) is 13.9. The number of aryl methyl sites for hydroxylation is 1. The van der Waals surface area contributed by atoms with Gasteiger partial charge in [-0.3, -0.25) is 0 Å². The zero-order valence-electron chi connectivity index (χ0n) is 13.9. The molecule has 0 unspecified atom stereocenters. The van der Waals surface area contributed by atoms with Crippen molar-refractivity contribution in [2.24, 2.45) is 0 Å². The van der Waals surface area contributed by atoms with E-state index in [1.54, 1.807) is 6.07 Å². The molecule has 0 bridgehead atoms. The van der Waals surface area contributed by atoms with Crippen molar-refractivity contribution in [3.05, 3.63) is 71.0 Å². The summed E-state index contributed by atoms with van der Waals surface area (Å²) in [5, 5.41) is 14.6. The van der Waals surface area contributed by atoms with Gasteiger partial charge in [-0.25, -0.2) is 4.79 Å². The highest BCUT2D eigenvalue weighted by Crippen LogP contribution is 2.14. The second-order valence-electron chi connectivity index (χ2n) is 5.41. The van der Waals surface area contributed by atoms with Gasteiger partial charge in [-0.1, -0.05) is 17.7 Å². The van der Waals surface area contributed by atoms with Crippen molar-refractivity contribution in [3.8, 4) is 0 Å². The maximum Gasteiger partial charge on any atom is 0.405 e. The lowest BCUT2D eigenvalue weighted by Crippen LogP contribution is -2.34. The summed E-state index contributed by atoms with van der Waals surface area (Å²) in [7, 11) is 0. The van der Waals surface area contributed by atoms with E-state index >= 15 is 0 Å². The van der Waals surface area contributed by atoms with Gasteiger partial charge in [-0.05, 0) is 25.1 Å². The Morgan fingerprint density at radius 1 is 1.19 bits per heavy atom. The van der Waals surface area contributed by atoms with E-state index in [0.717, 1.165) is 11.3 Å². The molecule has 0 aliphatic rings. The van der Waals surface area contributed by atoms with Crippen LogP contribution in [-0.2, 0) is 11.3 Å². The summed E-state index contributed by atoms with van der Waals surface area (Å²) in [6.07, 6.45) is 1.21. The standard InChI is InChI=1S/C17H16N6O3/c1-11-5-7-12(8-6-11)19-17-21-14(20-16(18)22-17)10-26-15(24)13-4-2-3-9-23(13)25/h2-9H,10H2,1H3,(H3,18,19,20,21,22). The van der Waals surface area contributed by atoms with E-state index in [1.807, 2.05) is 31.2 Å². The van der Waals surface area contributed by atoms with Crippen LogP contribution in [-0.4, -0.2) is 20.9 Å². The fourth-order valence-electron chi connectivity index (χ4n) is 2.11. The van der Waals surface area contributed by atoms with E-state index in [-0.39, 0.29) is 30.0 Å². The second kappa shape index (κ2) is 7.43. The Morgan fingerprint density at radius 2 is 1.96 bits per heavy atom. The van der Waals surface area contributed by atoms with Crippen LogP contribution in [0.3, 0.4) is 0 Å². The Kier molecular flexibility index (Phi) is 4.88. The van der Waals surface area contributed by atoms with Gasteiger partial charge in [0.05, 0.1) is 0 Å². The molecule has 0 aliphatic carbocycles. The van der Waals surface area contributed by atoms with Crippen molar-refractivity contribution in [3.63, 3.8) is 0 Å². The number of nitrogens with one attached hydrogen (secondary N) is 1. The molecule has 0 saturated carbocycles. The maximum atomic E-state index is 12.0. The Hall–Kier alpha value is -3.75. The average Bonchev–Trinajstić information content (AvgIpc) is 2.62. The lowest BCUT2D eigenvalue weighted by Gasteiger charge is -2.08. The van der Waals surface area contributed by atoms with Gasteiger partial charge in [-0.15, -0.1) is 0 Å². The normalized spacial score (nSPS) is 10.3. The number of nitrogen functional groups attached to an aromatic ring is 1. The first-order valence-corrected chi connectivity index (χ1v) is 7.71. The number of carbonyl (C=O) groups is 1. The third-order valence-electron chi connectivity index (χ3n) is 3.37. The Labute approximate surface area is 149 Å². The number of rotatable bonds is 5. The Bertz CT molecular complexity index is 930. The van der Waals surface area contributed by atoms with Gasteiger partial charge < -0.3 is 21.0 Å². The number of nitrogens with zero attached hydrogens (tertiary/aromatic N) is 4. The van der Waals surface area contributed by atoms with Crippen molar-refractivity contribution in [2.75, 3.05) is 11.1 Å². The predicted octanol–water partition coefficient (Wildman–Crippen LogP) is 1.50. The van der Waals surface area contributed by atoms with E-state index in [1.165, 1.54) is 18.3 Å². The first-order chi connectivity index (χ1) is 12.5. The number of anilines is 3. The molecule has 3 rings (SSSR count). The van der Waals surface area contributed by atoms with Gasteiger partial charge >= 0.3 is 11.7 Å². The highest BCUT2D eigenvalue weighted by molar-refractivity contribution is 5.85. The summed E-state index contributed by atoms with van der Waals surface area (Å²) in [5.41, 5.74) is 7.45. The van der Waals surface area contributed by atoms with Crippen LogP contribution in [0.1, 0.15) is 21.9 Å². The minimum absolute atomic E-state index is 0.0146. The van der Waals surface area contributed by atoms with E-state index in [9.17, 15) is 10.0 Å². The van der Waals surface area contributed by atoms with Crippen LogP contribution >= 0.6 is 0 Å². The topological polar surface area (TPSA) is 130 Å². The Balaban J connectivity index is 1.70. The predicted molar refractivity (Wildman–Crippen MR) is 93.2 cm³/mol. The van der Waals surface area contributed by atoms with Crippen LogP contribution in [0, 0.1) is 12.1 Å². The van der Waals surface area contributed by atoms with Gasteiger partial charge in [0, 0.05) is 17.8 Å². The van der Waals surface area contributed by atoms with Crippen LogP contribution < -0.4 is 15.8 Å². The van der Waals surface area contributed by atoms with Crippen molar-refractivity contribution >= 4 is 23.6 Å². The van der Waals surface area contributed by atoms with E-state index in [0.29, 0.717) is 4.73 Å². The second-order valence-corrected chi connectivity index (χ2v) is 5.41. The molecule has 9 heteroatoms. The SMILES string of the molecule is Cc1ccc(Nc2nc(N)nc(COC(=O)c3cccc[n+]3[O-])n2)cc1. The van der Waals surface area contributed by atoms with Crippen molar-refractivity contribution in [1.82, 2.24) is 15.0 Å². The van der Waals surface area contributed by atoms with Gasteiger partial charge in [0.25, 0.3) is 0 Å². The minimum Gasteiger partial charge on any atom is -0.618 e. The van der Waals surface area contributed by atoms with Crippen molar-refractivity contribution in [2.45, 2.75) is 13.5 Å². The number of benzene rings is 1. The average molecular weight is 352 g/mol. The minimum atomic E-state index is -0.785. The molecule has 0 amide bonds. The largest absolute Gasteiger partial charge is 0.618 e. The number of hydrogen-bond acceptors (Lipinski definition) is 8. The molecule has 3 aromatic rings. The van der Waals surface area contributed by atoms with Gasteiger partial charge in [0.2, 0.25) is 11.9 Å². The van der Waals surface area contributed by atoms with Crippen LogP contribution in [0.2, 0.25) is 0 Å². The molecule has 3 N–H and O–H groups in total. The number of carbonyl (C=O) groups excluding carboxylic acids is 1.